The zero-order chi connectivity index (χ0) is 16.5. The van der Waals surface area contributed by atoms with E-state index in [4.69, 9.17) is 14.9 Å². The van der Waals surface area contributed by atoms with Crippen molar-refractivity contribution in [2.75, 3.05) is 47.1 Å². The fourth-order valence-corrected chi connectivity index (χ4v) is 2.94. The molecule has 0 aromatic rings. The molecule has 1 atom stereocenters. The lowest BCUT2D eigenvalue weighted by Crippen LogP contribution is -2.37. The predicted molar refractivity (Wildman–Crippen MR) is 79.1 cm³/mol. The number of hydrogen-bond donors (Lipinski definition) is 2. The zero-order valence-corrected chi connectivity index (χ0v) is 13.5. The van der Waals surface area contributed by atoms with E-state index in [1.54, 1.807) is 0 Å². The second kappa shape index (κ2) is 9.63. The van der Waals surface area contributed by atoms with Crippen LogP contribution in [-0.4, -0.2) is 79.0 Å². The first-order valence-electron chi connectivity index (χ1n) is 6.44. The lowest BCUT2D eigenvalue weighted by atomic mass is 10.3. The van der Waals surface area contributed by atoms with Crippen LogP contribution in [0.3, 0.4) is 0 Å². The normalized spacial score (nSPS) is 13.2. The number of aliphatic hydroxyl groups is 1. The van der Waals surface area contributed by atoms with Crippen molar-refractivity contribution in [3.63, 3.8) is 0 Å². The van der Waals surface area contributed by atoms with Crippen molar-refractivity contribution in [1.82, 2.24) is 0 Å². The molecular formula is C13H23NO6P+. The van der Waals surface area contributed by atoms with Crippen molar-refractivity contribution in [2.24, 2.45) is 0 Å². The Labute approximate surface area is 125 Å². The van der Waals surface area contributed by atoms with Crippen molar-refractivity contribution < 1.29 is 33.9 Å². The molecule has 2 N–H and O–H groups in total. The molecule has 0 bridgehead atoms. The highest BCUT2D eigenvalue weighted by Crippen LogP contribution is 2.17. The summed E-state index contributed by atoms with van der Waals surface area (Å²) in [4.78, 5) is 33.6. The van der Waals surface area contributed by atoms with E-state index in [0.29, 0.717) is 28.6 Å². The fourth-order valence-electron chi connectivity index (χ4n) is 1.29. The summed E-state index contributed by atoms with van der Waals surface area (Å²) in [7, 11) is 4.24. The second-order valence-corrected chi connectivity index (χ2v) is 7.27. The van der Waals surface area contributed by atoms with Crippen LogP contribution < -0.4 is 4.89 Å². The average molecular weight is 320 g/mol. The maximum absolute atomic E-state index is 12.1. The minimum absolute atomic E-state index is 0.171. The zero-order valence-electron chi connectivity index (χ0n) is 12.6. The van der Waals surface area contributed by atoms with Gasteiger partial charge in [0.25, 0.3) is 0 Å². The molecular weight excluding hydrogens is 297 g/mol. The molecule has 7 nitrogen and oxygen atoms in total. The van der Waals surface area contributed by atoms with Gasteiger partial charge in [-0.3, -0.25) is 0 Å². The van der Waals surface area contributed by atoms with Crippen molar-refractivity contribution in [3.8, 4) is 0 Å². The standard InChI is InChI=1S/C13H22NO6P/c1-14(2,3)7-9-21(19)11(6-8-15)10-20-13(18)5-4-12(16)17/h4-5,15H,6-10H2,1-3H3/p+1/b5-4-. The summed E-state index contributed by atoms with van der Waals surface area (Å²) < 4.78 is 5.50. The largest absolute Gasteiger partial charge is 0.630 e. The predicted octanol–water partition coefficient (Wildman–Crippen LogP) is -0.811. The van der Waals surface area contributed by atoms with E-state index in [0.717, 1.165) is 6.08 Å². The van der Waals surface area contributed by atoms with Gasteiger partial charge in [0.2, 0.25) is 0 Å². The van der Waals surface area contributed by atoms with Crippen LogP contribution >= 0.6 is 7.77 Å². The molecule has 0 radical (unpaired) electrons. The van der Waals surface area contributed by atoms with E-state index >= 15 is 0 Å². The molecule has 0 aliphatic carbocycles. The molecule has 0 aliphatic heterocycles. The minimum atomic E-state index is -1.69. The van der Waals surface area contributed by atoms with E-state index in [-0.39, 0.29) is 19.6 Å². The molecule has 0 fully saturated rings. The van der Waals surface area contributed by atoms with Crippen LogP contribution in [0.1, 0.15) is 6.42 Å². The number of carbonyl (C=O) groups is 2. The van der Waals surface area contributed by atoms with Crippen LogP contribution in [-0.2, 0) is 14.3 Å². The molecule has 8 heteroatoms. The summed E-state index contributed by atoms with van der Waals surface area (Å²) in [6.07, 6.45) is 2.10. The molecule has 0 aromatic carbocycles. The van der Waals surface area contributed by atoms with Crippen LogP contribution in [0.25, 0.3) is 0 Å². The number of quaternary nitrogens is 1. The van der Waals surface area contributed by atoms with Crippen LogP contribution in [0.4, 0.5) is 0 Å². The first-order chi connectivity index (χ1) is 9.65. The Hall–Kier alpha value is -1.27. The third kappa shape index (κ3) is 11.1. The second-order valence-electron chi connectivity index (χ2n) is 5.44. The third-order valence-corrected chi connectivity index (χ3v) is 4.13. The number of aliphatic hydroxyl groups excluding tert-OH is 1. The first kappa shape index (κ1) is 19.7. The third-order valence-electron chi connectivity index (χ3n) is 2.47. The Morgan fingerprint density at radius 3 is 2.38 bits per heavy atom. The number of carbonyl (C=O) groups excluding carboxylic acids is 1. The number of hydrogen-bond acceptors (Lipinski definition) is 5. The molecule has 0 heterocycles. The van der Waals surface area contributed by atoms with Gasteiger partial charge in [0.05, 0.1) is 35.5 Å². The number of esters is 1. The monoisotopic (exact) mass is 320 g/mol. The number of carboxylic acids is 1. The lowest BCUT2D eigenvalue weighted by molar-refractivity contribution is -0.867. The Morgan fingerprint density at radius 1 is 1.29 bits per heavy atom. The van der Waals surface area contributed by atoms with Crippen molar-refractivity contribution in [2.45, 2.75) is 6.42 Å². The maximum Gasteiger partial charge on any atom is 0.331 e. The molecule has 0 saturated heterocycles. The number of rotatable bonds is 9. The summed E-state index contributed by atoms with van der Waals surface area (Å²) in [6.45, 7) is 0.343. The van der Waals surface area contributed by atoms with Gasteiger partial charge in [0, 0.05) is 18.6 Å². The van der Waals surface area contributed by atoms with E-state index < -0.39 is 19.7 Å². The Balaban J connectivity index is 4.60. The molecule has 120 valence electrons. The summed E-state index contributed by atoms with van der Waals surface area (Å²) >= 11 is 0. The highest BCUT2D eigenvalue weighted by atomic mass is 31.1. The van der Waals surface area contributed by atoms with Gasteiger partial charge in [-0.25, -0.2) is 9.59 Å². The van der Waals surface area contributed by atoms with Crippen molar-refractivity contribution in [1.29, 1.82) is 0 Å². The van der Waals surface area contributed by atoms with Gasteiger partial charge in [0.15, 0.2) is 12.8 Å². The molecule has 0 saturated carbocycles. The SMILES string of the molecule is C[N+](C)(C)CC[P+]([O-])=C(CCO)COC(=O)/C=C\C(=O)O. The summed E-state index contributed by atoms with van der Waals surface area (Å²) in [6, 6.07) is 0. The molecule has 0 aliphatic rings. The van der Waals surface area contributed by atoms with Gasteiger partial charge in [-0.1, -0.05) is 0 Å². The number of ether oxygens (including phenoxy) is 1. The van der Waals surface area contributed by atoms with Gasteiger partial charge in [-0.2, -0.15) is 0 Å². The summed E-state index contributed by atoms with van der Waals surface area (Å²) in [5.41, 5.74) is 0. The summed E-state index contributed by atoms with van der Waals surface area (Å²) in [5.74, 6) is -2.07. The molecule has 1 unspecified atom stereocenters. The number of carboxylic acid groups (broad SMARTS) is 1. The molecule has 0 rings (SSSR count). The Bertz CT molecular complexity index is 425. The van der Waals surface area contributed by atoms with Crippen molar-refractivity contribution in [3.05, 3.63) is 12.2 Å². The van der Waals surface area contributed by atoms with E-state index in [1.807, 2.05) is 21.1 Å². The van der Waals surface area contributed by atoms with Crippen molar-refractivity contribution >= 4 is 25.0 Å². The molecule has 0 spiro atoms. The first-order valence-corrected chi connectivity index (χ1v) is 7.88. The number of nitrogens with zero attached hydrogens (tertiary/aromatic N) is 1. The van der Waals surface area contributed by atoms with Crippen LogP contribution in [0.15, 0.2) is 12.2 Å². The van der Waals surface area contributed by atoms with E-state index in [2.05, 4.69) is 0 Å². The van der Waals surface area contributed by atoms with Crippen LogP contribution in [0.2, 0.25) is 0 Å². The maximum atomic E-state index is 12.1. The lowest BCUT2D eigenvalue weighted by Gasteiger charge is -2.22. The minimum Gasteiger partial charge on any atom is -0.630 e. The van der Waals surface area contributed by atoms with Gasteiger partial charge < -0.3 is 24.3 Å². The van der Waals surface area contributed by atoms with Crippen LogP contribution in [0, 0.1) is 0 Å². The average Bonchev–Trinajstić information content (AvgIpc) is 2.37. The molecule has 0 amide bonds. The topological polar surface area (TPSA) is 107 Å². The van der Waals surface area contributed by atoms with E-state index in [1.165, 1.54) is 0 Å². The highest BCUT2D eigenvalue weighted by Gasteiger charge is 2.16. The van der Waals surface area contributed by atoms with E-state index in [9.17, 15) is 14.5 Å². The Kier molecular flexibility index (Phi) is 9.05. The fraction of sp³-hybridized carbons (Fsp3) is 0.615. The quantitative estimate of drug-likeness (QED) is 0.249. The molecule has 0 aromatic heterocycles. The number of aliphatic carboxylic acids is 1. The van der Waals surface area contributed by atoms with Gasteiger partial charge in [-0.05, 0) is 0 Å². The van der Waals surface area contributed by atoms with Crippen LogP contribution in [0.5, 0.6) is 0 Å². The van der Waals surface area contributed by atoms with Gasteiger partial charge in [-0.15, -0.1) is 0 Å². The smallest absolute Gasteiger partial charge is 0.331 e. The molecule has 21 heavy (non-hydrogen) atoms. The summed E-state index contributed by atoms with van der Waals surface area (Å²) in [5, 5.41) is 17.8. The van der Waals surface area contributed by atoms with Gasteiger partial charge >= 0.3 is 11.9 Å². The highest BCUT2D eigenvalue weighted by molar-refractivity contribution is 7.51. The van der Waals surface area contributed by atoms with Gasteiger partial charge in [0.1, 0.15) is 11.8 Å². The Morgan fingerprint density at radius 2 is 1.90 bits per heavy atom.